The standard InChI is InChI=1S/C12H13FN2S/c1-14-12-15-11(8-16-12)6-5-9-3-2-4-10(13)7-9/h2-4,7-8H,5-6H2,1H3,(H,14,15). The number of aromatic nitrogens is 1. The number of nitrogens with zero attached hydrogens (tertiary/aromatic N) is 1. The van der Waals surface area contributed by atoms with Gasteiger partial charge in [-0.2, -0.15) is 0 Å². The summed E-state index contributed by atoms with van der Waals surface area (Å²) in [5, 5.41) is 5.96. The highest BCUT2D eigenvalue weighted by Crippen LogP contribution is 2.16. The molecule has 0 radical (unpaired) electrons. The van der Waals surface area contributed by atoms with Gasteiger partial charge in [-0.15, -0.1) is 11.3 Å². The van der Waals surface area contributed by atoms with Crippen molar-refractivity contribution >= 4 is 16.5 Å². The predicted octanol–water partition coefficient (Wildman–Crippen LogP) is 3.11. The van der Waals surface area contributed by atoms with Crippen LogP contribution in [-0.4, -0.2) is 12.0 Å². The molecule has 0 unspecified atom stereocenters. The lowest BCUT2D eigenvalue weighted by Gasteiger charge is -1.99. The molecule has 2 nitrogen and oxygen atoms in total. The Bertz CT molecular complexity index is 468. The second kappa shape index (κ2) is 5.07. The summed E-state index contributed by atoms with van der Waals surface area (Å²) in [6, 6.07) is 6.72. The van der Waals surface area contributed by atoms with Gasteiger partial charge in [0.25, 0.3) is 0 Å². The number of benzene rings is 1. The molecule has 0 aliphatic rings. The number of thiazole rings is 1. The molecule has 84 valence electrons. The van der Waals surface area contributed by atoms with Crippen LogP contribution >= 0.6 is 11.3 Å². The van der Waals surface area contributed by atoms with Crippen molar-refractivity contribution in [2.75, 3.05) is 12.4 Å². The predicted molar refractivity (Wildman–Crippen MR) is 65.5 cm³/mol. The topological polar surface area (TPSA) is 24.9 Å². The Balaban J connectivity index is 1.96. The minimum Gasteiger partial charge on any atom is -0.365 e. The lowest BCUT2D eigenvalue weighted by molar-refractivity contribution is 0.625. The van der Waals surface area contributed by atoms with Gasteiger partial charge in [0.2, 0.25) is 0 Å². The highest BCUT2D eigenvalue weighted by Gasteiger charge is 2.01. The van der Waals surface area contributed by atoms with Crippen molar-refractivity contribution in [2.24, 2.45) is 0 Å². The maximum absolute atomic E-state index is 12.9. The van der Waals surface area contributed by atoms with E-state index in [0.29, 0.717) is 0 Å². The van der Waals surface area contributed by atoms with E-state index < -0.39 is 0 Å². The first-order chi connectivity index (χ1) is 7.78. The van der Waals surface area contributed by atoms with Gasteiger partial charge in [-0.25, -0.2) is 9.37 Å². The smallest absolute Gasteiger partial charge is 0.182 e. The fourth-order valence-corrected chi connectivity index (χ4v) is 2.21. The quantitative estimate of drug-likeness (QED) is 0.882. The third-order valence-electron chi connectivity index (χ3n) is 2.32. The van der Waals surface area contributed by atoms with Gasteiger partial charge in [0, 0.05) is 12.4 Å². The third-order valence-corrected chi connectivity index (χ3v) is 3.23. The minimum atomic E-state index is -0.174. The zero-order valence-corrected chi connectivity index (χ0v) is 9.85. The molecule has 0 saturated heterocycles. The average molecular weight is 236 g/mol. The Morgan fingerprint density at radius 1 is 1.38 bits per heavy atom. The summed E-state index contributed by atoms with van der Waals surface area (Å²) in [7, 11) is 1.86. The molecule has 0 bridgehead atoms. The van der Waals surface area contributed by atoms with Crippen LogP contribution in [0.5, 0.6) is 0 Å². The number of halogens is 1. The van der Waals surface area contributed by atoms with Gasteiger partial charge < -0.3 is 5.32 Å². The van der Waals surface area contributed by atoms with Crippen LogP contribution in [0.1, 0.15) is 11.3 Å². The molecule has 0 saturated carbocycles. The summed E-state index contributed by atoms with van der Waals surface area (Å²) >= 11 is 1.59. The molecule has 1 aromatic heterocycles. The largest absolute Gasteiger partial charge is 0.365 e. The van der Waals surface area contributed by atoms with Gasteiger partial charge in [0.1, 0.15) is 5.82 Å². The average Bonchev–Trinajstić information content (AvgIpc) is 2.74. The minimum absolute atomic E-state index is 0.174. The van der Waals surface area contributed by atoms with Crippen molar-refractivity contribution in [3.63, 3.8) is 0 Å². The van der Waals surface area contributed by atoms with Gasteiger partial charge >= 0.3 is 0 Å². The zero-order chi connectivity index (χ0) is 11.4. The number of anilines is 1. The van der Waals surface area contributed by atoms with E-state index in [2.05, 4.69) is 10.3 Å². The Kier molecular flexibility index (Phi) is 3.51. The molecule has 0 fully saturated rings. The molecule has 0 atom stereocenters. The molecule has 1 aromatic carbocycles. The van der Waals surface area contributed by atoms with E-state index in [0.717, 1.165) is 29.2 Å². The maximum atomic E-state index is 12.9. The van der Waals surface area contributed by atoms with Gasteiger partial charge in [0.15, 0.2) is 5.13 Å². The molecule has 0 aliphatic heterocycles. The van der Waals surface area contributed by atoms with E-state index in [-0.39, 0.29) is 5.82 Å². The fraction of sp³-hybridized carbons (Fsp3) is 0.250. The lowest BCUT2D eigenvalue weighted by Crippen LogP contribution is -1.93. The van der Waals surface area contributed by atoms with Gasteiger partial charge in [-0.05, 0) is 30.5 Å². The molecular formula is C12H13FN2S. The molecule has 2 rings (SSSR count). The molecule has 16 heavy (non-hydrogen) atoms. The first-order valence-corrected chi connectivity index (χ1v) is 6.02. The highest BCUT2D eigenvalue weighted by atomic mass is 32.1. The van der Waals surface area contributed by atoms with Crippen LogP contribution in [0.2, 0.25) is 0 Å². The Labute approximate surface area is 98.2 Å². The maximum Gasteiger partial charge on any atom is 0.182 e. The molecule has 0 spiro atoms. The van der Waals surface area contributed by atoms with Crippen molar-refractivity contribution in [3.8, 4) is 0 Å². The molecule has 1 N–H and O–H groups in total. The number of hydrogen-bond donors (Lipinski definition) is 1. The van der Waals surface area contributed by atoms with E-state index in [1.165, 1.54) is 6.07 Å². The SMILES string of the molecule is CNc1nc(CCc2cccc(F)c2)cs1. The second-order valence-corrected chi connectivity index (χ2v) is 4.38. The molecule has 0 aliphatic carbocycles. The number of hydrogen-bond acceptors (Lipinski definition) is 3. The van der Waals surface area contributed by atoms with Crippen LogP contribution in [0, 0.1) is 5.82 Å². The van der Waals surface area contributed by atoms with Gasteiger partial charge in [-0.3, -0.25) is 0 Å². The highest BCUT2D eigenvalue weighted by molar-refractivity contribution is 7.13. The van der Waals surface area contributed by atoms with Crippen molar-refractivity contribution < 1.29 is 4.39 Å². The summed E-state index contributed by atoms with van der Waals surface area (Å²) in [5.74, 6) is -0.174. The molecule has 2 aromatic rings. The van der Waals surface area contributed by atoms with Crippen LogP contribution < -0.4 is 5.32 Å². The van der Waals surface area contributed by atoms with Crippen LogP contribution in [0.3, 0.4) is 0 Å². The fourth-order valence-electron chi connectivity index (χ4n) is 1.50. The van der Waals surface area contributed by atoms with Crippen molar-refractivity contribution in [1.82, 2.24) is 4.98 Å². The number of aryl methyl sites for hydroxylation is 2. The first kappa shape index (κ1) is 11.1. The molecule has 4 heteroatoms. The molecule has 1 heterocycles. The normalized spacial score (nSPS) is 10.4. The lowest BCUT2D eigenvalue weighted by atomic mass is 10.1. The van der Waals surface area contributed by atoms with E-state index >= 15 is 0 Å². The van der Waals surface area contributed by atoms with Crippen LogP contribution in [0.25, 0.3) is 0 Å². The first-order valence-electron chi connectivity index (χ1n) is 5.14. The van der Waals surface area contributed by atoms with Gasteiger partial charge in [0.05, 0.1) is 5.69 Å². The van der Waals surface area contributed by atoms with Crippen LogP contribution in [-0.2, 0) is 12.8 Å². The van der Waals surface area contributed by atoms with E-state index in [1.807, 2.05) is 18.5 Å². The molecular weight excluding hydrogens is 223 g/mol. The van der Waals surface area contributed by atoms with Crippen molar-refractivity contribution in [1.29, 1.82) is 0 Å². The molecule has 0 amide bonds. The number of rotatable bonds is 4. The van der Waals surface area contributed by atoms with Crippen molar-refractivity contribution in [2.45, 2.75) is 12.8 Å². The van der Waals surface area contributed by atoms with Crippen LogP contribution in [0.4, 0.5) is 9.52 Å². The summed E-state index contributed by atoms with van der Waals surface area (Å²) in [6.07, 6.45) is 1.67. The summed E-state index contributed by atoms with van der Waals surface area (Å²) < 4.78 is 12.9. The zero-order valence-electron chi connectivity index (χ0n) is 9.03. The second-order valence-electron chi connectivity index (χ2n) is 3.52. The van der Waals surface area contributed by atoms with E-state index in [1.54, 1.807) is 23.5 Å². The van der Waals surface area contributed by atoms with Crippen LogP contribution in [0.15, 0.2) is 29.6 Å². The third kappa shape index (κ3) is 2.79. The Hall–Kier alpha value is -1.42. The summed E-state index contributed by atoms with van der Waals surface area (Å²) in [4.78, 5) is 4.38. The number of nitrogens with one attached hydrogen (secondary N) is 1. The van der Waals surface area contributed by atoms with Gasteiger partial charge in [-0.1, -0.05) is 12.1 Å². The van der Waals surface area contributed by atoms with E-state index in [4.69, 9.17) is 0 Å². The Morgan fingerprint density at radius 3 is 2.94 bits per heavy atom. The van der Waals surface area contributed by atoms with E-state index in [9.17, 15) is 4.39 Å². The summed E-state index contributed by atoms with van der Waals surface area (Å²) in [5.41, 5.74) is 2.07. The summed E-state index contributed by atoms with van der Waals surface area (Å²) in [6.45, 7) is 0. The van der Waals surface area contributed by atoms with Crippen molar-refractivity contribution in [3.05, 3.63) is 46.7 Å². The Morgan fingerprint density at radius 2 is 2.25 bits per heavy atom. The monoisotopic (exact) mass is 236 g/mol.